The fourth-order valence-corrected chi connectivity index (χ4v) is 1.35. The molecular weight excluding hydrogens is 135 g/mol. The Bertz CT molecular complexity index is 83.1. The van der Waals surface area contributed by atoms with Crippen LogP contribution in [0.15, 0.2) is 0 Å². The molecule has 2 nitrogen and oxygen atoms in total. The molecular formula is C6H15O2P. The SMILES string of the molecule is CPC(O)C(C)(C)CO. The lowest BCUT2D eigenvalue weighted by molar-refractivity contribution is 0.0616. The third-order valence-corrected chi connectivity index (χ3v) is 2.75. The van der Waals surface area contributed by atoms with E-state index in [-0.39, 0.29) is 17.9 Å². The van der Waals surface area contributed by atoms with E-state index in [0.717, 1.165) is 0 Å². The van der Waals surface area contributed by atoms with Gasteiger partial charge in [0, 0.05) is 5.41 Å². The Morgan fingerprint density at radius 1 is 1.56 bits per heavy atom. The minimum atomic E-state index is -0.359. The van der Waals surface area contributed by atoms with Crippen LogP contribution in [0.5, 0.6) is 0 Å². The number of aliphatic hydroxyl groups is 2. The van der Waals surface area contributed by atoms with Gasteiger partial charge in [-0.25, -0.2) is 0 Å². The first-order chi connectivity index (χ1) is 4.04. The maximum atomic E-state index is 9.24. The molecule has 0 saturated carbocycles. The van der Waals surface area contributed by atoms with Crippen molar-refractivity contribution in [3.05, 3.63) is 0 Å². The molecule has 0 aromatic heterocycles. The molecule has 0 spiro atoms. The minimum Gasteiger partial charge on any atom is -0.396 e. The summed E-state index contributed by atoms with van der Waals surface area (Å²) in [5.74, 6) is -0.359. The molecule has 0 radical (unpaired) electrons. The maximum Gasteiger partial charge on any atom is 0.0772 e. The van der Waals surface area contributed by atoms with E-state index in [1.165, 1.54) is 0 Å². The monoisotopic (exact) mass is 150 g/mol. The fourth-order valence-electron chi connectivity index (χ4n) is 0.477. The summed E-state index contributed by atoms with van der Waals surface area (Å²) in [6.07, 6.45) is 0. The Labute approximate surface area is 58.1 Å². The van der Waals surface area contributed by atoms with Gasteiger partial charge in [0.15, 0.2) is 0 Å². The van der Waals surface area contributed by atoms with Gasteiger partial charge in [-0.1, -0.05) is 22.4 Å². The Kier molecular flexibility index (Phi) is 3.64. The summed E-state index contributed by atoms with van der Waals surface area (Å²) < 4.78 is 0. The molecule has 0 heterocycles. The quantitative estimate of drug-likeness (QED) is 0.579. The van der Waals surface area contributed by atoms with Crippen molar-refractivity contribution in [3.63, 3.8) is 0 Å². The lowest BCUT2D eigenvalue weighted by atomic mass is 9.96. The van der Waals surface area contributed by atoms with E-state index in [1.807, 2.05) is 20.5 Å². The summed E-state index contributed by atoms with van der Waals surface area (Å²) in [6.45, 7) is 5.69. The van der Waals surface area contributed by atoms with E-state index >= 15 is 0 Å². The van der Waals surface area contributed by atoms with Crippen LogP contribution in [0.3, 0.4) is 0 Å². The van der Waals surface area contributed by atoms with E-state index in [9.17, 15) is 5.11 Å². The first kappa shape index (κ1) is 9.35. The van der Waals surface area contributed by atoms with Gasteiger partial charge in [0.2, 0.25) is 0 Å². The van der Waals surface area contributed by atoms with Gasteiger partial charge in [-0.15, -0.1) is 0 Å². The highest BCUT2D eigenvalue weighted by Gasteiger charge is 2.24. The molecule has 0 aliphatic heterocycles. The highest BCUT2D eigenvalue weighted by atomic mass is 31.1. The molecule has 0 bridgehead atoms. The number of aliphatic hydroxyl groups excluding tert-OH is 2. The molecule has 0 aromatic carbocycles. The summed E-state index contributed by atoms with van der Waals surface area (Å²) in [4.78, 5) is 0. The number of rotatable bonds is 3. The van der Waals surface area contributed by atoms with Crippen LogP contribution >= 0.6 is 8.58 Å². The van der Waals surface area contributed by atoms with Crippen molar-refractivity contribution in [3.8, 4) is 0 Å². The molecule has 56 valence electrons. The van der Waals surface area contributed by atoms with Crippen LogP contribution in [0.1, 0.15) is 13.8 Å². The van der Waals surface area contributed by atoms with Gasteiger partial charge in [-0.3, -0.25) is 0 Å². The molecule has 0 rings (SSSR count). The largest absolute Gasteiger partial charge is 0.396 e. The molecule has 0 amide bonds. The van der Waals surface area contributed by atoms with Crippen LogP contribution in [0.4, 0.5) is 0 Å². The van der Waals surface area contributed by atoms with E-state index in [0.29, 0.717) is 8.58 Å². The van der Waals surface area contributed by atoms with Crippen molar-refractivity contribution in [1.29, 1.82) is 0 Å². The van der Waals surface area contributed by atoms with Gasteiger partial charge in [0.1, 0.15) is 0 Å². The Hall–Kier alpha value is 0.350. The van der Waals surface area contributed by atoms with Crippen molar-refractivity contribution >= 4 is 8.58 Å². The molecule has 0 aliphatic carbocycles. The van der Waals surface area contributed by atoms with Crippen molar-refractivity contribution in [2.75, 3.05) is 13.3 Å². The van der Waals surface area contributed by atoms with Gasteiger partial charge < -0.3 is 10.2 Å². The van der Waals surface area contributed by atoms with E-state index in [2.05, 4.69) is 0 Å². The summed E-state index contributed by atoms with van der Waals surface area (Å²) in [7, 11) is 0.485. The molecule has 0 aromatic rings. The highest BCUT2D eigenvalue weighted by Crippen LogP contribution is 2.29. The first-order valence-electron chi connectivity index (χ1n) is 3.01. The summed E-state index contributed by atoms with van der Waals surface area (Å²) >= 11 is 0. The summed E-state index contributed by atoms with van der Waals surface area (Å²) in [5.41, 5.74) is -0.326. The molecule has 0 saturated heterocycles. The third-order valence-electron chi connectivity index (χ3n) is 1.42. The molecule has 2 N–H and O–H groups in total. The maximum absolute atomic E-state index is 9.24. The van der Waals surface area contributed by atoms with Crippen LogP contribution in [0.2, 0.25) is 0 Å². The molecule has 9 heavy (non-hydrogen) atoms. The Morgan fingerprint density at radius 3 is 2.11 bits per heavy atom. The van der Waals surface area contributed by atoms with Gasteiger partial charge in [0.05, 0.1) is 12.5 Å². The first-order valence-corrected chi connectivity index (χ1v) is 4.58. The lowest BCUT2D eigenvalue weighted by Crippen LogP contribution is -2.28. The lowest BCUT2D eigenvalue weighted by Gasteiger charge is -2.26. The molecule has 3 heteroatoms. The normalized spacial score (nSPS) is 17.0. The number of hydrogen-bond donors (Lipinski definition) is 2. The fraction of sp³-hybridized carbons (Fsp3) is 1.00. The minimum absolute atomic E-state index is 0.0506. The number of hydrogen-bond acceptors (Lipinski definition) is 2. The topological polar surface area (TPSA) is 40.5 Å². The highest BCUT2D eigenvalue weighted by molar-refractivity contribution is 7.37. The van der Waals surface area contributed by atoms with Crippen molar-refractivity contribution in [1.82, 2.24) is 0 Å². The molecule has 2 atom stereocenters. The second kappa shape index (κ2) is 3.50. The zero-order valence-electron chi connectivity index (χ0n) is 6.18. The Morgan fingerprint density at radius 2 is 2.00 bits per heavy atom. The molecule has 0 fully saturated rings. The van der Waals surface area contributed by atoms with Crippen molar-refractivity contribution in [2.45, 2.75) is 19.7 Å². The second-order valence-electron chi connectivity index (χ2n) is 2.84. The molecule has 2 unspecified atom stereocenters. The van der Waals surface area contributed by atoms with E-state index in [4.69, 9.17) is 5.11 Å². The summed E-state index contributed by atoms with van der Waals surface area (Å²) in [6, 6.07) is 0. The van der Waals surface area contributed by atoms with E-state index < -0.39 is 0 Å². The van der Waals surface area contributed by atoms with Crippen LogP contribution in [-0.2, 0) is 0 Å². The van der Waals surface area contributed by atoms with Gasteiger partial charge >= 0.3 is 0 Å². The van der Waals surface area contributed by atoms with Crippen molar-refractivity contribution < 1.29 is 10.2 Å². The second-order valence-corrected chi connectivity index (χ2v) is 3.96. The van der Waals surface area contributed by atoms with Crippen LogP contribution < -0.4 is 0 Å². The van der Waals surface area contributed by atoms with Crippen molar-refractivity contribution in [2.24, 2.45) is 5.41 Å². The van der Waals surface area contributed by atoms with Gasteiger partial charge in [0.25, 0.3) is 0 Å². The zero-order valence-corrected chi connectivity index (χ0v) is 7.18. The molecule has 0 aliphatic rings. The third kappa shape index (κ3) is 2.61. The van der Waals surface area contributed by atoms with Crippen LogP contribution in [-0.4, -0.2) is 29.3 Å². The smallest absolute Gasteiger partial charge is 0.0772 e. The van der Waals surface area contributed by atoms with Gasteiger partial charge in [-0.05, 0) is 6.66 Å². The standard InChI is InChI=1S/C6H15O2P/c1-6(2,4-7)5(8)9-3/h5,7-9H,4H2,1-3H3. The predicted octanol–water partition coefficient (Wildman–Crippen LogP) is 0.632. The van der Waals surface area contributed by atoms with Gasteiger partial charge in [-0.2, -0.15) is 0 Å². The van der Waals surface area contributed by atoms with Crippen LogP contribution in [0, 0.1) is 5.41 Å². The van der Waals surface area contributed by atoms with Crippen LogP contribution in [0.25, 0.3) is 0 Å². The Balaban J connectivity index is 3.80. The predicted molar refractivity (Wildman–Crippen MR) is 41.1 cm³/mol. The average molecular weight is 150 g/mol. The zero-order chi connectivity index (χ0) is 7.49. The summed E-state index contributed by atoms with van der Waals surface area (Å²) in [5, 5.41) is 18.0. The average Bonchev–Trinajstić information content (AvgIpc) is 1.86. The van der Waals surface area contributed by atoms with E-state index in [1.54, 1.807) is 0 Å².